The molecule has 0 atom stereocenters. The van der Waals surface area contributed by atoms with Crippen molar-refractivity contribution in [2.75, 3.05) is 6.54 Å². The maximum atomic E-state index is 13.6. The number of amides is 1. The lowest BCUT2D eigenvalue weighted by molar-refractivity contribution is -0.314. The van der Waals surface area contributed by atoms with Gasteiger partial charge >= 0.3 is 12.4 Å². The Morgan fingerprint density at radius 3 is 1.89 bits per heavy atom. The first-order chi connectivity index (χ1) is 13.0. The maximum absolute atomic E-state index is 13.6. The van der Waals surface area contributed by atoms with E-state index in [0.717, 1.165) is 23.5 Å². The lowest BCUT2D eigenvalue weighted by Gasteiger charge is -2.38. The molecule has 2 rings (SSSR count). The number of rotatable bonds is 6. The molecule has 152 valence electrons. The van der Waals surface area contributed by atoms with E-state index < -0.39 is 42.7 Å². The monoisotopic (exact) mass is 408 g/mol. The van der Waals surface area contributed by atoms with Gasteiger partial charge in [0.05, 0.1) is 0 Å². The normalized spacial score (nSPS) is 12.7. The predicted octanol–water partition coefficient (Wildman–Crippen LogP) is 4.21. The van der Waals surface area contributed by atoms with Crippen LogP contribution in [0.2, 0.25) is 0 Å². The van der Waals surface area contributed by atoms with Crippen LogP contribution in [0.3, 0.4) is 0 Å². The van der Waals surface area contributed by atoms with Crippen LogP contribution in [0.15, 0.2) is 54.6 Å². The molecule has 3 nitrogen and oxygen atoms in total. The third-order valence-electron chi connectivity index (χ3n) is 3.93. The molecular formula is C18H15F7N2O. The van der Waals surface area contributed by atoms with Gasteiger partial charge in [-0.15, -0.1) is 0 Å². The first-order valence-corrected chi connectivity index (χ1v) is 7.97. The van der Waals surface area contributed by atoms with Gasteiger partial charge in [0.2, 0.25) is 0 Å². The van der Waals surface area contributed by atoms with Crippen LogP contribution < -0.4 is 10.6 Å². The van der Waals surface area contributed by atoms with Crippen molar-refractivity contribution in [3.05, 3.63) is 71.5 Å². The molecule has 2 N–H and O–H groups in total. The molecule has 2 aromatic carbocycles. The fourth-order valence-electron chi connectivity index (χ4n) is 2.46. The van der Waals surface area contributed by atoms with Gasteiger partial charge in [-0.05, 0) is 30.2 Å². The highest BCUT2D eigenvalue weighted by Gasteiger charge is 2.72. The van der Waals surface area contributed by atoms with Crippen LogP contribution >= 0.6 is 0 Å². The van der Waals surface area contributed by atoms with Gasteiger partial charge in [-0.25, -0.2) is 4.39 Å². The molecule has 0 aliphatic carbocycles. The minimum absolute atomic E-state index is 0.0670. The summed E-state index contributed by atoms with van der Waals surface area (Å²) in [5.41, 5.74) is -5.14. The Morgan fingerprint density at radius 1 is 0.821 bits per heavy atom. The fraction of sp³-hybridized carbons (Fsp3) is 0.278. The number of nitrogens with one attached hydrogen (secondary N) is 2. The number of halogens is 7. The summed E-state index contributed by atoms with van der Waals surface area (Å²) in [7, 11) is 0. The van der Waals surface area contributed by atoms with Gasteiger partial charge in [-0.1, -0.05) is 36.4 Å². The van der Waals surface area contributed by atoms with E-state index in [2.05, 4.69) is 0 Å². The van der Waals surface area contributed by atoms with Crippen LogP contribution in [0.25, 0.3) is 0 Å². The van der Waals surface area contributed by atoms with Gasteiger partial charge < -0.3 is 5.32 Å². The van der Waals surface area contributed by atoms with E-state index in [1.54, 1.807) is 0 Å². The molecule has 2 aromatic rings. The van der Waals surface area contributed by atoms with E-state index >= 15 is 0 Å². The topological polar surface area (TPSA) is 41.1 Å². The predicted molar refractivity (Wildman–Crippen MR) is 86.9 cm³/mol. The van der Waals surface area contributed by atoms with Crippen molar-refractivity contribution in [3.63, 3.8) is 0 Å². The van der Waals surface area contributed by atoms with Crippen LogP contribution in [0.4, 0.5) is 30.7 Å². The molecule has 0 aromatic heterocycles. The second-order valence-corrected chi connectivity index (χ2v) is 5.83. The van der Waals surface area contributed by atoms with Gasteiger partial charge in [-0.3, -0.25) is 10.1 Å². The molecule has 0 spiro atoms. The minimum atomic E-state index is -5.91. The lowest BCUT2D eigenvalue weighted by Crippen LogP contribution is -2.75. The Labute approximate surface area is 155 Å². The Kier molecular flexibility index (Phi) is 6.33. The standard InChI is InChI=1S/C18H15F7N2O/c19-14-9-5-4-6-12(14)10-11-26-16(17(20,21)22,18(23,24)25)27-15(28)13-7-2-1-3-8-13/h1-9,26H,10-11H2,(H,27,28). The van der Waals surface area contributed by atoms with Crippen LogP contribution in [0.5, 0.6) is 0 Å². The summed E-state index contributed by atoms with van der Waals surface area (Å²) in [6.45, 7) is -0.894. The molecule has 10 heteroatoms. The molecule has 0 aliphatic rings. The van der Waals surface area contributed by atoms with E-state index in [1.807, 2.05) is 0 Å². The number of alkyl halides is 6. The van der Waals surface area contributed by atoms with Crippen molar-refractivity contribution >= 4 is 5.91 Å². The first-order valence-electron chi connectivity index (χ1n) is 7.97. The summed E-state index contributed by atoms with van der Waals surface area (Å²) in [4.78, 5) is 12.0. The van der Waals surface area contributed by atoms with Crippen LogP contribution in [-0.4, -0.2) is 30.5 Å². The van der Waals surface area contributed by atoms with Crippen LogP contribution in [0, 0.1) is 5.82 Å². The Balaban J connectivity index is 2.30. The molecule has 0 unspecified atom stereocenters. The Bertz CT molecular complexity index is 790. The van der Waals surface area contributed by atoms with Crippen molar-refractivity contribution in [1.82, 2.24) is 10.6 Å². The summed E-state index contributed by atoms with van der Waals surface area (Å²) in [6, 6.07) is 11.2. The number of carbonyl (C=O) groups is 1. The largest absolute Gasteiger partial charge is 0.434 e. The zero-order valence-corrected chi connectivity index (χ0v) is 14.2. The van der Waals surface area contributed by atoms with Gasteiger partial charge in [0.15, 0.2) is 0 Å². The second-order valence-electron chi connectivity index (χ2n) is 5.83. The minimum Gasteiger partial charge on any atom is -0.319 e. The summed E-state index contributed by atoms with van der Waals surface area (Å²) >= 11 is 0. The van der Waals surface area contributed by atoms with Crippen LogP contribution in [-0.2, 0) is 6.42 Å². The van der Waals surface area contributed by atoms with Crippen molar-refractivity contribution in [3.8, 4) is 0 Å². The maximum Gasteiger partial charge on any atom is 0.434 e. The average Bonchev–Trinajstić information content (AvgIpc) is 2.61. The summed E-state index contributed by atoms with van der Waals surface area (Å²) < 4.78 is 94.5. The van der Waals surface area contributed by atoms with E-state index in [-0.39, 0.29) is 11.1 Å². The van der Waals surface area contributed by atoms with Crippen molar-refractivity contribution in [1.29, 1.82) is 0 Å². The molecule has 0 saturated heterocycles. The number of benzene rings is 2. The van der Waals surface area contributed by atoms with Crippen LogP contribution in [0.1, 0.15) is 15.9 Å². The zero-order valence-electron chi connectivity index (χ0n) is 14.2. The molecule has 0 heterocycles. The Morgan fingerprint density at radius 2 is 1.36 bits per heavy atom. The molecule has 0 fully saturated rings. The molecule has 1 amide bonds. The summed E-state index contributed by atoms with van der Waals surface area (Å²) in [5, 5.41) is 2.37. The molecule has 0 aliphatic heterocycles. The molecule has 0 saturated carbocycles. The van der Waals surface area contributed by atoms with E-state index in [1.165, 1.54) is 41.7 Å². The fourth-order valence-corrected chi connectivity index (χ4v) is 2.46. The molecule has 0 radical (unpaired) electrons. The zero-order chi connectivity index (χ0) is 21.0. The van der Waals surface area contributed by atoms with E-state index in [9.17, 15) is 35.5 Å². The second kappa shape index (κ2) is 8.17. The quantitative estimate of drug-likeness (QED) is 0.556. The molecular weight excluding hydrogens is 393 g/mol. The highest BCUT2D eigenvalue weighted by Crippen LogP contribution is 2.41. The number of hydrogen-bond donors (Lipinski definition) is 2. The van der Waals surface area contributed by atoms with Gasteiger partial charge in [0.25, 0.3) is 11.6 Å². The molecule has 0 bridgehead atoms. The van der Waals surface area contributed by atoms with Gasteiger partial charge in [-0.2, -0.15) is 26.3 Å². The van der Waals surface area contributed by atoms with Crippen molar-refractivity contribution in [2.24, 2.45) is 0 Å². The first kappa shape index (κ1) is 21.7. The summed E-state index contributed by atoms with van der Waals surface area (Å²) in [6.07, 6.45) is -12.3. The van der Waals surface area contributed by atoms with Gasteiger partial charge in [0, 0.05) is 12.1 Å². The van der Waals surface area contributed by atoms with Crippen molar-refractivity contribution in [2.45, 2.75) is 24.4 Å². The number of hydrogen-bond acceptors (Lipinski definition) is 2. The number of carbonyl (C=O) groups excluding carboxylic acids is 1. The summed E-state index contributed by atoms with van der Waals surface area (Å²) in [5.74, 6) is -2.32. The van der Waals surface area contributed by atoms with Gasteiger partial charge in [0.1, 0.15) is 5.82 Å². The average molecular weight is 408 g/mol. The molecule has 28 heavy (non-hydrogen) atoms. The highest BCUT2D eigenvalue weighted by molar-refractivity contribution is 5.94. The SMILES string of the molecule is O=C(NC(NCCc1ccccc1F)(C(F)(F)F)C(F)(F)F)c1ccccc1. The highest BCUT2D eigenvalue weighted by atomic mass is 19.4. The lowest BCUT2D eigenvalue weighted by atomic mass is 10.1. The van der Waals surface area contributed by atoms with Crippen molar-refractivity contribution < 1.29 is 35.5 Å². The Hall–Kier alpha value is -2.62. The third kappa shape index (κ3) is 4.61. The third-order valence-corrected chi connectivity index (χ3v) is 3.93. The van der Waals surface area contributed by atoms with E-state index in [0.29, 0.717) is 0 Å². The van der Waals surface area contributed by atoms with E-state index in [4.69, 9.17) is 0 Å². The smallest absolute Gasteiger partial charge is 0.319 e.